The van der Waals surface area contributed by atoms with E-state index in [1.54, 1.807) is 18.5 Å². The van der Waals surface area contributed by atoms with Crippen molar-refractivity contribution in [2.45, 2.75) is 6.54 Å². The van der Waals surface area contributed by atoms with Crippen molar-refractivity contribution in [3.63, 3.8) is 0 Å². The molecule has 1 rings (SSSR count). The first-order valence-corrected chi connectivity index (χ1v) is 4.70. The lowest BCUT2D eigenvalue weighted by Crippen LogP contribution is -2.36. The zero-order valence-corrected chi connectivity index (χ0v) is 8.90. The number of carbonyl (C=O) groups is 2. The highest BCUT2D eigenvalue weighted by Crippen LogP contribution is 1.93. The van der Waals surface area contributed by atoms with E-state index in [2.05, 4.69) is 20.4 Å². The van der Waals surface area contributed by atoms with Gasteiger partial charge in [0, 0.05) is 18.9 Å². The summed E-state index contributed by atoms with van der Waals surface area (Å²) in [6, 6.07) is 3.63. The molecule has 0 unspecified atom stereocenters. The number of aromatic nitrogens is 1. The molecule has 2 N–H and O–H groups in total. The molecule has 0 aliphatic heterocycles. The molecule has 1 aromatic rings. The van der Waals surface area contributed by atoms with Gasteiger partial charge < -0.3 is 15.4 Å². The highest BCUT2D eigenvalue weighted by molar-refractivity contribution is 5.81. The lowest BCUT2D eigenvalue weighted by atomic mass is 10.3. The molecule has 0 saturated heterocycles. The molecular formula is C10H13N3O3. The van der Waals surface area contributed by atoms with E-state index in [0.29, 0.717) is 6.54 Å². The predicted octanol–water partition coefficient (Wildman–Crippen LogP) is 0.0538. The molecule has 1 aromatic heterocycles. The quantitative estimate of drug-likeness (QED) is 0.756. The fourth-order valence-electron chi connectivity index (χ4n) is 0.990. The van der Waals surface area contributed by atoms with Gasteiger partial charge >= 0.3 is 6.09 Å². The van der Waals surface area contributed by atoms with Crippen molar-refractivity contribution in [1.82, 2.24) is 15.6 Å². The minimum atomic E-state index is -0.628. The van der Waals surface area contributed by atoms with Gasteiger partial charge in [-0.3, -0.25) is 9.78 Å². The Hall–Kier alpha value is -2.11. The molecule has 6 nitrogen and oxygen atoms in total. The van der Waals surface area contributed by atoms with Crippen molar-refractivity contribution in [2.24, 2.45) is 0 Å². The van der Waals surface area contributed by atoms with Crippen molar-refractivity contribution in [3.8, 4) is 0 Å². The first-order valence-electron chi connectivity index (χ1n) is 4.70. The van der Waals surface area contributed by atoms with Gasteiger partial charge in [0.2, 0.25) is 5.91 Å². The summed E-state index contributed by atoms with van der Waals surface area (Å²) in [5.41, 5.74) is 0.897. The van der Waals surface area contributed by atoms with E-state index in [9.17, 15) is 9.59 Å². The largest absolute Gasteiger partial charge is 0.453 e. The summed E-state index contributed by atoms with van der Waals surface area (Å²) in [4.78, 5) is 25.8. The standard InChI is InChI=1S/C10H13N3O3/c1-16-10(15)13-7-9(14)12-6-8-3-2-4-11-5-8/h2-5H,6-7H2,1H3,(H,12,14)(H,13,15). The zero-order chi connectivity index (χ0) is 11.8. The van der Waals surface area contributed by atoms with Gasteiger partial charge in [0.25, 0.3) is 0 Å². The number of carbonyl (C=O) groups excluding carboxylic acids is 2. The molecule has 0 saturated carbocycles. The summed E-state index contributed by atoms with van der Waals surface area (Å²) in [7, 11) is 1.24. The van der Waals surface area contributed by atoms with Crippen LogP contribution in [0, 0.1) is 0 Å². The molecule has 0 fully saturated rings. The first-order chi connectivity index (χ1) is 7.72. The summed E-state index contributed by atoms with van der Waals surface area (Å²) < 4.78 is 4.32. The van der Waals surface area contributed by atoms with Gasteiger partial charge in [-0.1, -0.05) is 6.07 Å². The van der Waals surface area contributed by atoms with Gasteiger partial charge in [-0.25, -0.2) is 4.79 Å². The van der Waals surface area contributed by atoms with Crippen LogP contribution in [0.2, 0.25) is 0 Å². The van der Waals surface area contributed by atoms with E-state index in [4.69, 9.17) is 0 Å². The van der Waals surface area contributed by atoms with Crippen LogP contribution in [0.25, 0.3) is 0 Å². The van der Waals surface area contributed by atoms with Gasteiger partial charge in [0.15, 0.2) is 0 Å². The second-order valence-electron chi connectivity index (χ2n) is 2.98. The third-order valence-corrected chi connectivity index (χ3v) is 1.79. The van der Waals surface area contributed by atoms with E-state index < -0.39 is 6.09 Å². The Kier molecular flexibility index (Phi) is 4.78. The monoisotopic (exact) mass is 223 g/mol. The number of nitrogens with zero attached hydrogens (tertiary/aromatic N) is 1. The topological polar surface area (TPSA) is 80.3 Å². The summed E-state index contributed by atoms with van der Waals surface area (Å²) in [5.74, 6) is -0.283. The Morgan fingerprint density at radius 1 is 1.44 bits per heavy atom. The Bertz CT molecular complexity index is 354. The second kappa shape index (κ2) is 6.39. The normalized spacial score (nSPS) is 9.31. The lowest BCUT2D eigenvalue weighted by molar-refractivity contribution is -0.120. The third-order valence-electron chi connectivity index (χ3n) is 1.79. The fourth-order valence-corrected chi connectivity index (χ4v) is 0.990. The van der Waals surface area contributed by atoms with Crippen LogP contribution in [0.4, 0.5) is 4.79 Å². The number of ether oxygens (including phenoxy) is 1. The van der Waals surface area contributed by atoms with Crippen LogP contribution in [0.3, 0.4) is 0 Å². The SMILES string of the molecule is COC(=O)NCC(=O)NCc1cccnc1. The molecule has 0 aliphatic rings. The molecule has 6 heteroatoms. The van der Waals surface area contributed by atoms with Crippen LogP contribution in [-0.4, -0.2) is 30.6 Å². The molecule has 2 amide bonds. The van der Waals surface area contributed by atoms with E-state index in [1.165, 1.54) is 7.11 Å². The van der Waals surface area contributed by atoms with Crippen LogP contribution in [0.1, 0.15) is 5.56 Å². The molecule has 0 aromatic carbocycles. The van der Waals surface area contributed by atoms with Crippen LogP contribution in [0.5, 0.6) is 0 Å². The molecule has 1 heterocycles. The van der Waals surface area contributed by atoms with E-state index in [-0.39, 0.29) is 12.5 Å². The van der Waals surface area contributed by atoms with Gasteiger partial charge in [0.1, 0.15) is 6.54 Å². The number of amides is 2. The summed E-state index contributed by atoms with van der Waals surface area (Å²) in [6.45, 7) is 0.280. The van der Waals surface area contributed by atoms with Crippen LogP contribution >= 0.6 is 0 Å². The van der Waals surface area contributed by atoms with Crippen LogP contribution in [-0.2, 0) is 16.1 Å². The van der Waals surface area contributed by atoms with Crippen LogP contribution in [0.15, 0.2) is 24.5 Å². The van der Waals surface area contributed by atoms with Crippen molar-refractivity contribution in [3.05, 3.63) is 30.1 Å². The number of hydrogen-bond donors (Lipinski definition) is 2. The number of rotatable bonds is 4. The minimum Gasteiger partial charge on any atom is -0.453 e. The Balaban J connectivity index is 2.23. The fraction of sp³-hybridized carbons (Fsp3) is 0.300. The summed E-state index contributed by atoms with van der Waals surface area (Å²) >= 11 is 0. The average Bonchev–Trinajstić information content (AvgIpc) is 2.34. The van der Waals surface area contributed by atoms with E-state index >= 15 is 0 Å². The average molecular weight is 223 g/mol. The summed E-state index contributed by atoms with van der Waals surface area (Å²) in [6.07, 6.45) is 2.69. The highest BCUT2D eigenvalue weighted by Gasteiger charge is 2.04. The molecule has 86 valence electrons. The van der Waals surface area contributed by atoms with Gasteiger partial charge in [0.05, 0.1) is 7.11 Å². The molecule has 0 atom stereocenters. The Morgan fingerprint density at radius 3 is 2.88 bits per heavy atom. The number of methoxy groups -OCH3 is 1. The van der Waals surface area contributed by atoms with Gasteiger partial charge in [-0.05, 0) is 11.6 Å². The van der Waals surface area contributed by atoms with E-state index in [0.717, 1.165) is 5.56 Å². The smallest absolute Gasteiger partial charge is 0.407 e. The Morgan fingerprint density at radius 2 is 2.25 bits per heavy atom. The third kappa shape index (κ3) is 4.41. The lowest BCUT2D eigenvalue weighted by Gasteiger charge is -2.05. The minimum absolute atomic E-state index is 0.104. The predicted molar refractivity (Wildman–Crippen MR) is 56.5 cm³/mol. The molecule has 0 bridgehead atoms. The highest BCUT2D eigenvalue weighted by atomic mass is 16.5. The first kappa shape index (κ1) is 12.0. The van der Waals surface area contributed by atoms with Crippen molar-refractivity contribution >= 4 is 12.0 Å². The number of nitrogens with one attached hydrogen (secondary N) is 2. The van der Waals surface area contributed by atoms with Gasteiger partial charge in [-0.15, -0.1) is 0 Å². The number of hydrogen-bond acceptors (Lipinski definition) is 4. The molecule has 0 spiro atoms. The molecule has 0 radical (unpaired) electrons. The molecular weight excluding hydrogens is 210 g/mol. The molecule has 0 aliphatic carbocycles. The maximum atomic E-state index is 11.2. The van der Waals surface area contributed by atoms with E-state index in [1.807, 2.05) is 6.07 Å². The van der Waals surface area contributed by atoms with Crippen LogP contribution < -0.4 is 10.6 Å². The number of pyridine rings is 1. The van der Waals surface area contributed by atoms with Crippen molar-refractivity contribution in [2.75, 3.05) is 13.7 Å². The van der Waals surface area contributed by atoms with Crippen molar-refractivity contribution < 1.29 is 14.3 Å². The maximum absolute atomic E-state index is 11.2. The maximum Gasteiger partial charge on any atom is 0.407 e. The molecule has 16 heavy (non-hydrogen) atoms. The Labute approximate surface area is 93.0 Å². The van der Waals surface area contributed by atoms with Gasteiger partial charge in [-0.2, -0.15) is 0 Å². The van der Waals surface area contributed by atoms with Crippen molar-refractivity contribution in [1.29, 1.82) is 0 Å². The summed E-state index contributed by atoms with van der Waals surface area (Å²) in [5, 5.41) is 4.91. The zero-order valence-electron chi connectivity index (χ0n) is 8.90. The number of alkyl carbamates (subject to hydrolysis) is 1. The second-order valence-corrected chi connectivity index (χ2v) is 2.98.